The molecule has 1 fully saturated rings. The summed E-state index contributed by atoms with van der Waals surface area (Å²) in [5.74, 6) is -0.884. The van der Waals surface area contributed by atoms with E-state index in [-0.39, 0.29) is 36.1 Å². The number of rotatable bonds is 4. The van der Waals surface area contributed by atoms with Gasteiger partial charge in [-0.1, -0.05) is 12.1 Å². The van der Waals surface area contributed by atoms with Crippen molar-refractivity contribution in [3.63, 3.8) is 0 Å². The van der Waals surface area contributed by atoms with E-state index in [2.05, 4.69) is 15.0 Å². The minimum Gasteiger partial charge on any atom is -0.349 e. The number of fused-ring (bicyclic) bond motifs is 1. The molecule has 0 saturated carbocycles. The second-order valence-electron chi connectivity index (χ2n) is 6.72. The molecule has 0 spiro atoms. The van der Waals surface area contributed by atoms with Crippen molar-refractivity contribution in [3.8, 4) is 0 Å². The van der Waals surface area contributed by atoms with Gasteiger partial charge < -0.3 is 10.2 Å². The summed E-state index contributed by atoms with van der Waals surface area (Å²) in [6, 6.07) is 11.5. The van der Waals surface area contributed by atoms with Crippen molar-refractivity contribution in [2.24, 2.45) is 4.99 Å². The Bertz CT molecular complexity index is 1120. The number of sulfonamides is 1. The van der Waals surface area contributed by atoms with Crippen LogP contribution in [0.15, 0.2) is 58.4 Å². The first-order valence-corrected chi connectivity index (χ1v) is 10.3. The van der Waals surface area contributed by atoms with E-state index in [1.54, 1.807) is 18.2 Å². The van der Waals surface area contributed by atoms with Crippen LogP contribution in [0.3, 0.4) is 0 Å². The predicted molar refractivity (Wildman–Crippen MR) is 103 cm³/mol. The molecule has 2 N–H and O–H groups in total. The van der Waals surface area contributed by atoms with E-state index in [1.807, 2.05) is 0 Å². The molecule has 2 heterocycles. The maximum Gasteiger partial charge on any atom is 0.263 e. The SMILES string of the molecule is O=C(CN=C1NS(=O)(=O)c2ccccc21)N[C@H]1CC(=O)N(c2ccc(F)cc2)C1. The lowest BCUT2D eigenvalue weighted by atomic mass is 10.2. The van der Waals surface area contributed by atoms with Crippen LogP contribution in [0.1, 0.15) is 12.0 Å². The number of benzene rings is 2. The first-order valence-electron chi connectivity index (χ1n) is 8.85. The van der Waals surface area contributed by atoms with Crippen molar-refractivity contribution in [2.45, 2.75) is 17.4 Å². The number of nitrogens with one attached hydrogen (secondary N) is 2. The quantitative estimate of drug-likeness (QED) is 0.768. The molecule has 0 aromatic heterocycles. The maximum atomic E-state index is 13.1. The first-order chi connectivity index (χ1) is 13.8. The predicted octanol–water partition coefficient (Wildman–Crippen LogP) is 0.786. The molecule has 0 bridgehead atoms. The van der Waals surface area contributed by atoms with E-state index >= 15 is 0 Å². The van der Waals surface area contributed by atoms with Crippen LogP contribution in [0.25, 0.3) is 0 Å². The largest absolute Gasteiger partial charge is 0.349 e. The van der Waals surface area contributed by atoms with Crippen molar-refractivity contribution in [1.29, 1.82) is 0 Å². The second kappa shape index (κ2) is 7.28. The summed E-state index contributed by atoms with van der Waals surface area (Å²) in [6.45, 7) is -0.0182. The van der Waals surface area contributed by atoms with Crippen LogP contribution in [-0.2, 0) is 19.6 Å². The normalized spacial score (nSPS) is 21.1. The number of carbonyl (C=O) groups is 2. The third-order valence-corrected chi connectivity index (χ3v) is 6.07. The Labute approximate surface area is 166 Å². The molecule has 2 aliphatic rings. The third kappa shape index (κ3) is 3.83. The molecule has 2 aromatic carbocycles. The Morgan fingerprint density at radius 1 is 1.21 bits per heavy atom. The van der Waals surface area contributed by atoms with Gasteiger partial charge in [-0.15, -0.1) is 0 Å². The number of amides is 2. The molecular weight excluding hydrogens is 399 g/mol. The summed E-state index contributed by atoms with van der Waals surface area (Å²) in [5, 5.41) is 2.73. The van der Waals surface area contributed by atoms with Gasteiger partial charge in [0, 0.05) is 24.2 Å². The minimum atomic E-state index is -3.66. The molecule has 2 amide bonds. The molecule has 29 heavy (non-hydrogen) atoms. The van der Waals surface area contributed by atoms with Crippen molar-refractivity contribution in [3.05, 3.63) is 59.9 Å². The minimum absolute atomic E-state index is 0.117. The maximum absolute atomic E-state index is 13.1. The van der Waals surface area contributed by atoms with Crippen molar-refractivity contribution >= 4 is 33.4 Å². The fourth-order valence-corrected chi connectivity index (χ4v) is 4.60. The van der Waals surface area contributed by atoms with E-state index in [4.69, 9.17) is 0 Å². The topological polar surface area (TPSA) is 108 Å². The summed E-state index contributed by atoms with van der Waals surface area (Å²) in [6.07, 6.45) is 0.120. The molecule has 2 aliphatic heterocycles. The van der Waals surface area contributed by atoms with Gasteiger partial charge in [0.25, 0.3) is 10.0 Å². The highest BCUT2D eigenvalue weighted by atomic mass is 32.2. The highest BCUT2D eigenvalue weighted by molar-refractivity contribution is 7.90. The van der Waals surface area contributed by atoms with Gasteiger partial charge in [-0.05, 0) is 36.4 Å². The molecule has 4 rings (SSSR count). The lowest BCUT2D eigenvalue weighted by Gasteiger charge is -2.17. The zero-order chi connectivity index (χ0) is 20.6. The van der Waals surface area contributed by atoms with Gasteiger partial charge in [-0.2, -0.15) is 0 Å². The highest BCUT2D eigenvalue weighted by Crippen LogP contribution is 2.23. The summed E-state index contributed by atoms with van der Waals surface area (Å²) in [7, 11) is -3.66. The molecule has 1 saturated heterocycles. The summed E-state index contributed by atoms with van der Waals surface area (Å²) in [4.78, 5) is 30.1. The van der Waals surface area contributed by atoms with Crippen LogP contribution in [0.4, 0.5) is 10.1 Å². The second-order valence-corrected chi connectivity index (χ2v) is 8.37. The Morgan fingerprint density at radius 3 is 2.69 bits per heavy atom. The van der Waals surface area contributed by atoms with Gasteiger partial charge in [0.15, 0.2) is 0 Å². The van der Waals surface area contributed by atoms with Crippen LogP contribution in [0.2, 0.25) is 0 Å². The Kier molecular flexibility index (Phi) is 4.79. The van der Waals surface area contributed by atoms with Crippen molar-refractivity contribution in [1.82, 2.24) is 10.0 Å². The molecule has 10 heteroatoms. The molecule has 2 aromatic rings. The molecule has 1 atom stereocenters. The average Bonchev–Trinajstić information content (AvgIpc) is 3.18. The number of nitrogens with zero attached hydrogens (tertiary/aromatic N) is 2. The molecule has 150 valence electrons. The van der Waals surface area contributed by atoms with Crippen molar-refractivity contribution < 1.29 is 22.4 Å². The molecular formula is C19H17FN4O4S. The molecule has 8 nitrogen and oxygen atoms in total. The average molecular weight is 416 g/mol. The third-order valence-electron chi connectivity index (χ3n) is 4.67. The van der Waals surface area contributed by atoms with Crippen LogP contribution >= 0.6 is 0 Å². The van der Waals surface area contributed by atoms with E-state index in [0.717, 1.165) is 0 Å². The highest BCUT2D eigenvalue weighted by Gasteiger charge is 2.32. The number of carbonyl (C=O) groups excluding carboxylic acids is 2. The van der Waals surface area contributed by atoms with Crippen LogP contribution < -0.4 is 14.9 Å². The molecule has 0 radical (unpaired) electrons. The zero-order valence-corrected chi connectivity index (χ0v) is 15.9. The van der Waals surface area contributed by atoms with Gasteiger partial charge in [-0.3, -0.25) is 19.3 Å². The Morgan fingerprint density at radius 2 is 1.93 bits per heavy atom. The number of halogens is 1. The zero-order valence-electron chi connectivity index (χ0n) is 15.1. The number of hydrogen-bond acceptors (Lipinski definition) is 5. The monoisotopic (exact) mass is 416 g/mol. The number of anilines is 1. The summed E-state index contributed by atoms with van der Waals surface area (Å²) in [5.41, 5.74) is 0.976. The summed E-state index contributed by atoms with van der Waals surface area (Å²) < 4.78 is 39.5. The summed E-state index contributed by atoms with van der Waals surface area (Å²) >= 11 is 0. The number of amidine groups is 1. The fraction of sp³-hybridized carbons (Fsp3) is 0.211. The van der Waals surface area contributed by atoms with E-state index in [0.29, 0.717) is 11.3 Å². The van der Waals surface area contributed by atoms with Crippen LogP contribution in [-0.4, -0.2) is 45.2 Å². The standard InChI is InChI=1S/C19H17FN4O4S/c20-12-5-7-14(8-6-12)24-11-13(9-18(24)26)22-17(25)10-21-19-15-3-1-2-4-16(15)29(27,28)23-19/h1-8,13H,9-11H2,(H,21,23)(H,22,25)/t13-/m0/s1. The van der Waals surface area contributed by atoms with Gasteiger partial charge in [0.2, 0.25) is 11.8 Å². The van der Waals surface area contributed by atoms with Gasteiger partial charge in [0.1, 0.15) is 18.2 Å². The van der Waals surface area contributed by atoms with Gasteiger partial charge in [-0.25, -0.2) is 12.8 Å². The van der Waals surface area contributed by atoms with Crippen LogP contribution in [0, 0.1) is 5.82 Å². The fourth-order valence-electron chi connectivity index (χ4n) is 3.35. The lowest BCUT2D eigenvalue weighted by molar-refractivity contribution is -0.120. The first kappa shape index (κ1) is 19.1. The number of aliphatic imine (C=N–C) groups is 1. The van der Waals surface area contributed by atoms with E-state index < -0.39 is 27.8 Å². The van der Waals surface area contributed by atoms with Crippen molar-refractivity contribution in [2.75, 3.05) is 18.0 Å². The van der Waals surface area contributed by atoms with Gasteiger partial charge in [0.05, 0.1) is 10.9 Å². The Hall–Kier alpha value is -3.27. The molecule has 0 unspecified atom stereocenters. The molecule has 0 aliphatic carbocycles. The smallest absolute Gasteiger partial charge is 0.263 e. The van der Waals surface area contributed by atoms with Crippen LogP contribution in [0.5, 0.6) is 0 Å². The van der Waals surface area contributed by atoms with E-state index in [1.165, 1.54) is 35.2 Å². The van der Waals surface area contributed by atoms with E-state index in [9.17, 15) is 22.4 Å². The number of hydrogen-bond donors (Lipinski definition) is 2. The Balaban J connectivity index is 1.39. The lowest BCUT2D eigenvalue weighted by Crippen LogP contribution is -2.38. The van der Waals surface area contributed by atoms with Gasteiger partial charge >= 0.3 is 0 Å².